The van der Waals surface area contributed by atoms with Crippen molar-refractivity contribution in [3.8, 4) is 0 Å². The third-order valence-corrected chi connectivity index (χ3v) is 2.61. The molecule has 3 amide bonds. The number of amides is 3. The predicted molar refractivity (Wildman–Crippen MR) is 71.7 cm³/mol. The highest BCUT2D eigenvalue weighted by molar-refractivity contribution is 5.95. The maximum Gasteiger partial charge on any atom is 0.329 e. The van der Waals surface area contributed by atoms with Gasteiger partial charge in [-0.3, -0.25) is 10.1 Å². The van der Waals surface area contributed by atoms with E-state index < -0.39 is 31.1 Å². The molecule has 3 N–H and O–H groups in total. The van der Waals surface area contributed by atoms with Gasteiger partial charge in [-0.15, -0.1) is 0 Å². The fourth-order valence-electron chi connectivity index (χ4n) is 1.78. The molecule has 1 heterocycles. The minimum absolute atomic E-state index is 0.338. The maximum atomic E-state index is 11.6. The average molecular weight is 298 g/mol. The van der Waals surface area contributed by atoms with Crippen LogP contribution in [0.3, 0.4) is 0 Å². The molecule has 116 valence electrons. The van der Waals surface area contributed by atoms with Crippen molar-refractivity contribution in [1.82, 2.24) is 10.6 Å². The Morgan fingerprint density at radius 2 is 2.00 bits per heavy atom. The smallest absolute Gasteiger partial charge is 0.329 e. The minimum atomic E-state index is -1.19. The summed E-state index contributed by atoms with van der Waals surface area (Å²) in [5.74, 6) is -0.487. The van der Waals surface area contributed by atoms with Crippen LogP contribution in [0.1, 0.15) is 30.0 Å². The van der Waals surface area contributed by atoms with Crippen molar-refractivity contribution < 1.29 is 28.6 Å². The molecule has 1 unspecified atom stereocenters. The Hall–Kier alpha value is -2.35. The number of carbonyl (C=O) groups excluding carboxylic acids is 2. The van der Waals surface area contributed by atoms with Crippen molar-refractivity contribution in [3.63, 3.8) is 0 Å². The average Bonchev–Trinajstić information content (AvgIpc) is 2.67. The van der Waals surface area contributed by atoms with E-state index in [0.29, 0.717) is 5.76 Å². The van der Waals surface area contributed by atoms with Gasteiger partial charge in [0.05, 0.1) is 6.04 Å². The zero-order valence-corrected chi connectivity index (χ0v) is 12.1. The van der Waals surface area contributed by atoms with Crippen molar-refractivity contribution in [1.29, 1.82) is 0 Å². The lowest BCUT2D eigenvalue weighted by Crippen LogP contribution is -2.42. The molecule has 0 saturated carbocycles. The van der Waals surface area contributed by atoms with Crippen LogP contribution in [-0.2, 0) is 14.3 Å². The summed E-state index contributed by atoms with van der Waals surface area (Å²) in [7, 11) is 0. The minimum Gasteiger partial charge on any atom is -0.480 e. The van der Waals surface area contributed by atoms with Crippen molar-refractivity contribution in [2.45, 2.75) is 26.8 Å². The molecule has 0 bridgehead atoms. The molecule has 8 heteroatoms. The van der Waals surface area contributed by atoms with Gasteiger partial charge in [0.15, 0.2) is 0 Å². The first-order chi connectivity index (χ1) is 9.79. The summed E-state index contributed by atoms with van der Waals surface area (Å²) < 4.78 is 9.92. The Labute approximate surface area is 121 Å². The van der Waals surface area contributed by atoms with Gasteiger partial charge in [0.25, 0.3) is 5.91 Å². The van der Waals surface area contributed by atoms with Crippen molar-refractivity contribution in [2.75, 3.05) is 13.2 Å². The molecule has 0 spiro atoms. The van der Waals surface area contributed by atoms with E-state index in [0.717, 1.165) is 11.3 Å². The van der Waals surface area contributed by atoms with Crippen LogP contribution in [0.2, 0.25) is 0 Å². The van der Waals surface area contributed by atoms with Crippen LogP contribution in [0.5, 0.6) is 0 Å². The zero-order valence-electron chi connectivity index (χ0n) is 12.1. The predicted octanol–water partition coefficient (Wildman–Crippen LogP) is 0.884. The summed E-state index contributed by atoms with van der Waals surface area (Å²) >= 11 is 0. The lowest BCUT2D eigenvalue weighted by Gasteiger charge is -2.13. The molecule has 0 aliphatic carbocycles. The van der Waals surface area contributed by atoms with Crippen molar-refractivity contribution in [2.24, 2.45) is 0 Å². The van der Waals surface area contributed by atoms with E-state index in [1.165, 1.54) is 0 Å². The highest BCUT2D eigenvalue weighted by atomic mass is 16.5. The molecule has 0 aliphatic rings. The quantitative estimate of drug-likeness (QED) is 0.717. The standard InChI is InChI=1S/C13H18N2O6/c1-7-4-10(9(3)21-7)8(2)14-13(19)15-11(16)5-20-6-12(17)18/h4,8H,5-6H2,1-3H3,(H,17,18)(H2,14,15,16,19). The van der Waals surface area contributed by atoms with E-state index in [2.05, 4.69) is 10.1 Å². The number of carboxylic acids is 1. The third kappa shape index (κ3) is 5.65. The summed E-state index contributed by atoms with van der Waals surface area (Å²) in [6, 6.07) is 0.776. The zero-order chi connectivity index (χ0) is 16.0. The Balaban J connectivity index is 2.41. The molecule has 0 aliphatic heterocycles. The summed E-state index contributed by atoms with van der Waals surface area (Å²) in [4.78, 5) is 33.1. The van der Waals surface area contributed by atoms with Crippen LogP contribution in [0.4, 0.5) is 4.79 Å². The van der Waals surface area contributed by atoms with E-state index >= 15 is 0 Å². The van der Waals surface area contributed by atoms with Crippen LogP contribution in [-0.4, -0.2) is 36.2 Å². The Kier molecular flexibility index (Phi) is 5.92. The normalized spacial score (nSPS) is 11.8. The van der Waals surface area contributed by atoms with Gasteiger partial charge < -0.3 is 19.6 Å². The molecule has 0 radical (unpaired) electrons. The maximum absolute atomic E-state index is 11.6. The number of furan rings is 1. The summed E-state index contributed by atoms with van der Waals surface area (Å²) in [5.41, 5.74) is 0.817. The van der Waals surface area contributed by atoms with Gasteiger partial charge in [-0.1, -0.05) is 0 Å². The van der Waals surface area contributed by atoms with Crippen LogP contribution in [0.25, 0.3) is 0 Å². The molecule has 8 nitrogen and oxygen atoms in total. The molecular weight excluding hydrogens is 280 g/mol. The largest absolute Gasteiger partial charge is 0.480 e. The Morgan fingerprint density at radius 3 is 2.52 bits per heavy atom. The second-order valence-electron chi connectivity index (χ2n) is 4.50. The molecule has 0 fully saturated rings. The number of ether oxygens (including phenoxy) is 1. The number of urea groups is 1. The number of aliphatic carboxylic acids is 1. The molecule has 0 aromatic carbocycles. The number of hydrogen-bond donors (Lipinski definition) is 3. The Morgan fingerprint density at radius 1 is 1.33 bits per heavy atom. The van der Waals surface area contributed by atoms with Crippen LogP contribution in [0.15, 0.2) is 10.5 Å². The van der Waals surface area contributed by atoms with Crippen LogP contribution >= 0.6 is 0 Å². The van der Waals surface area contributed by atoms with Gasteiger partial charge in [-0.05, 0) is 26.8 Å². The van der Waals surface area contributed by atoms with Crippen LogP contribution < -0.4 is 10.6 Å². The number of imide groups is 1. The molecular formula is C13H18N2O6. The monoisotopic (exact) mass is 298 g/mol. The van der Waals surface area contributed by atoms with Gasteiger partial charge in [0.2, 0.25) is 0 Å². The first-order valence-corrected chi connectivity index (χ1v) is 6.26. The van der Waals surface area contributed by atoms with E-state index in [4.69, 9.17) is 9.52 Å². The number of carbonyl (C=O) groups is 3. The van der Waals surface area contributed by atoms with Gasteiger partial charge in [-0.25, -0.2) is 9.59 Å². The SMILES string of the molecule is Cc1cc(C(C)NC(=O)NC(=O)COCC(=O)O)c(C)o1. The summed E-state index contributed by atoms with van der Waals surface area (Å²) in [6.45, 7) is 4.23. The fourth-order valence-corrected chi connectivity index (χ4v) is 1.78. The van der Waals surface area contributed by atoms with Crippen molar-refractivity contribution in [3.05, 3.63) is 23.2 Å². The molecule has 1 aromatic heterocycles. The number of rotatable bonds is 6. The Bertz CT molecular complexity index is 537. The first-order valence-electron chi connectivity index (χ1n) is 6.26. The lowest BCUT2D eigenvalue weighted by molar-refractivity contribution is -0.143. The first kappa shape index (κ1) is 16.7. The van der Waals surface area contributed by atoms with Gasteiger partial charge in [-0.2, -0.15) is 0 Å². The summed E-state index contributed by atoms with van der Waals surface area (Å²) in [6.07, 6.45) is 0. The molecule has 1 rings (SSSR count). The molecule has 1 atom stereocenters. The number of hydrogen-bond acceptors (Lipinski definition) is 5. The van der Waals surface area contributed by atoms with E-state index in [9.17, 15) is 14.4 Å². The van der Waals surface area contributed by atoms with Gasteiger partial charge in [0.1, 0.15) is 24.7 Å². The van der Waals surface area contributed by atoms with E-state index in [-0.39, 0.29) is 6.04 Å². The van der Waals surface area contributed by atoms with Gasteiger partial charge in [0, 0.05) is 5.56 Å². The second kappa shape index (κ2) is 7.44. The molecule has 1 aromatic rings. The van der Waals surface area contributed by atoms with E-state index in [1.807, 2.05) is 5.32 Å². The highest BCUT2D eigenvalue weighted by Gasteiger charge is 2.16. The molecule has 21 heavy (non-hydrogen) atoms. The van der Waals surface area contributed by atoms with Crippen molar-refractivity contribution >= 4 is 17.9 Å². The van der Waals surface area contributed by atoms with Gasteiger partial charge >= 0.3 is 12.0 Å². The fraction of sp³-hybridized carbons (Fsp3) is 0.462. The number of carboxylic acid groups (broad SMARTS) is 1. The number of aryl methyl sites for hydroxylation is 2. The number of nitrogens with one attached hydrogen (secondary N) is 2. The van der Waals surface area contributed by atoms with E-state index in [1.54, 1.807) is 26.8 Å². The van der Waals surface area contributed by atoms with Crippen LogP contribution in [0, 0.1) is 13.8 Å². The summed E-state index contributed by atoms with van der Waals surface area (Å²) in [5, 5.41) is 13.0. The second-order valence-corrected chi connectivity index (χ2v) is 4.50. The lowest BCUT2D eigenvalue weighted by atomic mass is 10.1. The molecule has 0 saturated heterocycles. The third-order valence-electron chi connectivity index (χ3n) is 2.61. The highest BCUT2D eigenvalue weighted by Crippen LogP contribution is 2.20. The topological polar surface area (TPSA) is 118 Å².